The highest BCUT2D eigenvalue weighted by Crippen LogP contribution is 2.22. The third-order valence-electron chi connectivity index (χ3n) is 4.46. The van der Waals surface area contributed by atoms with Crippen LogP contribution in [0, 0.1) is 6.92 Å². The molecule has 0 aliphatic carbocycles. The first-order valence-corrected chi connectivity index (χ1v) is 9.39. The molecule has 0 atom stereocenters. The van der Waals surface area contributed by atoms with E-state index in [0.29, 0.717) is 24.4 Å². The van der Waals surface area contributed by atoms with Gasteiger partial charge in [0.25, 0.3) is 0 Å². The van der Waals surface area contributed by atoms with Crippen LogP contribution in [-0.4, -0.2) is 40.7 Å². The number of fused-ring (bicyclic) bond motifs is 1. The molecule has 0 saturated carbocycles. The summed E-state index contributed by atoms with van der Waals surface area (Å²) in [5, 5.41) is 7.12. The zero-order chi connectivity index (χ0) is 20.1. The van der Waals surface area contributed by atoms with Gasteiger partial charge in [0.2, 0.25) is 11.8 Å². The van der Waals surface area contributed by atoms with Crippen molar-refractivity contribution in [2.24, 2.45) is 0 Å². The van der Waals surface area contributed by atoms with Crippen molar-refractivity contribution in [2.45, 2.75) is 39.7 Å². The zero-order valence-corrected chi connectivity index (χ0v) is 16.1. The van der Waals surface area contributed by atoms with Crippen LogP contribution < -0.4 is 10.2 Å². The lowest BCUT2D eigenvalue weighted by Crippen LogP contribution is -2.37. The summed E-state index contributed by atoms with van der Waals surface area (Å²) in [5.74, 6) is 0.0540. The first-order chi connectivity index (χ1) is 13.5. The van der Waals surface area contributed by atoms with Gasteiger partial charge in [-0.1, -0.05) is 0 Å². The molecule has 1 aromatic heterocycles. The summed E-state index contributed by atoms with van der Waals surface area (Å²) in [4.78, 5) is 38.1. The molecule has 0 radical (unpaired) electrons. The van der Waals surface area contributed by atoms with Crippen LogP contribution in [0.25, 0.3) is 0 Å². The molecule has 28 heavy (non-hydrogen) atoms. The van der Waals surface area contributed by atoms with Crippen molar-refractivity contribution in [3.8, 4) is 0 Å². The van der Waals surface area contributed by atoms with Crippen LogP contribution in [0.1, 0.15) is 42.2 Å². The number of nitrogens with zero attached hydrogens (tertiary/aromatic N) is 3. The number of carbonyl (C=O) groups excluding carboxylic acids is 3. The first kappa shape index (κ1) is 19.6. The minimum atomic E-state index is -0.401. The molecule has 1 aliphatic rings. The highest BCUT2D eigenvalue weighted by Gasteiger charge is 2.24. The SMILES string of the molecule is CCOC(=O)c1ccc(NC(=O)CCC(=O)N2CCCn3nc(C)cc32)cc1. The van der Waals surface area contributed by atoms with Gasteiger partial charge in [-0.2, -0.15) is 5.10 Å². The Morgan fingerprint density at radius 1 is 1.14 bits per heavy atom. The van der Waals surface area contributed by atoms with Crippen molar-refractivity contribution in [2.75, 3.05) is 23.4 Å². The van der Waals surface area contributed by atoms with Gasteiger partial charge < -0.3 is 10.1 Å². The average Bonchev–Trinajstić information content (AvgIpc) is 3.07. The zero-order valence-electron chi connectivity index (χ0n) is 16.1. The Morgan fingerprint density at radius 2 is 1.89 bits per heavy atom. The molecule has 1 aliphatic heterocycles. The standard InChI is InChI=1S/C20H24N4O4/c1-3-28-20(27)15-5-7-16(8-6-15)21-17(25)9-10-19(26)23-11-4-12-24-18(23)13-14(2)22-24/h5-8,13H,3-4,9-12H2,1-2H3,(H,21,25). The largest absolute Gasteiger partial charge is 0.462 e. The Kier molecular flexibility index (Phi) is 6.08. The monoisotopic (exact) mass is 384 g/mol. The molecule has 0 saturated heterocycles. The van der Waals surface area contributed by atoms with Crippen molar-refractivity contribution in [3.63, 3.8) is 0 Å². The van der Waals surface area contributed by atoms with Crippen molar-refractivity contribution in [1.82, 2.24) is 9.78 Å². The second-order valence-electron chi connectivity index (χ2n) is 6.61. The molecule has 0 spiro atoms. The predicted octanol–water partition coefficient (Wildman–Crippen LogP) is 2.52. The minimum absolute atomic E-state index is 0.0854. The molecule has 2 heterocycles. The molecule has 0 fully saturated rings. The molecule has 1 N–H and O–H groups in total. The Bertz CT molecular complexity index is 873. The maximum atomic E-state index is 12.6. The summed E-state index contributed by atoms with van der Waals surface area (Å²) >= 11 is 0. The second-order valence-corrected chi connectivity index (χ2v) is 6.61. The number of ether oxygens (including phenoxy) is 1. The summed E-state index contributed by atoms with van der Waals surface area (Å²) in [5.41, 5.74) is 1.86. The number of nitrogens with one attached hydrogen (secondary N) is 1. The highest BCUT2D eigenvalue weighted by molar-refractivity contribution is 5.98. The summed E-state index contributed by atoms with van der Waals surface area (Å²) in [6.45, 7) is 5.39. The van der Waals surface area contributed by atoms with E-state index in [2.05, 4.69) is 10.4 Å². The molecule has 1 aromatic carbocycles. The van der Waals surface area contributed by atoms with E-state index >= 15 is 0 Å². The van der Waals surface area contributed by atoms with Crippen molar-refractivity contribution >= 4 is 29.3 Å². The number of aryl methyl sites for hydroxylation is 2. The van der Waals surface area contributed by atoms with Gasteiger partial charge >= 0.3 is 5.97 Å². The number of anilines is 2. The fourth-order valence-corrected chi connectivity index (χ4v) is 3.14. The Labute approximate surface area is 163 Å². The van der Waals surface area contributed by atoms with Crippen LogP contribution in [0.2, 0.25) is 0 Å². The first-order valence-electron chi connectivity index (χ1n) is 9.39. The van der Waals surface area contributed by atoms with Crippen LogP contribution in [0.4, 0.5) is 11.5 Å². The number of esters is 1. The van der Waals surface area contributed by atoms with E-state index in [1.807, 2.05) is 17.7 Å². The third-order valence-corrected chi connectivity index (χ3v) is 4.46. The number of hydrogen-bond donors (Lipinski definition) is 1. The smallest absolute Gasteiger partial charge is 0.338 e. The van der Waals surface area contributed by atoms with E-state index in [9.17, 15) is 14.4 Å². The molecule has 2 aromatic rings. The van der Waals surface area contributed by atoms with Crippen molar-refractivity contribution in [1.29, 1.82) is 0 Å². The Balaban J connectivity index is 1.52. The number of benzene rings is 1. The molecule has 3 rings (SSSR count). The van der Waals surface area contributed by atoms with Gasteiger partial charge in [0.05, 0.1) is 17.9 Å². The van der Waals surface area contributed by atoms with Gasteiger partial charge in [0, 0.05) is 37.7 Å². The molecular formula is C20H24N4O4. The highest BCUT2D eigenvalue weighted by atomic mass is 16.5. The maximum Gasteiger partial charge on any atom is 0.338 e. The van der Waals surface area contributed by atoms with E-state index in [1.54, 1.807) is 36.1 Å². The quantitative estimate of drug-likeness (QED) is 0.773. The van der Waals surface area contributed by atoms with Crippen LogP contribution in [0.15, 0.2) is 30.3 Å². The van der Waals surface area contributed by atoms with Gasteiger partial charge in [0.1, 0.15) is 5.82 Å². The fourth-order valence-electron chi connectivity index (χ4n) is 3.14. The van der Waals surface area contributed by atoms with Gasteiger partial charge in [0.15, 0.2) is 0 Å². The lowest BCUT2D eigenvalue weighted by atomic mass is 10.2. The average molecular weight is 384 g/mol. The van der Waals surface area contributed by atoms with Gasteiger partial charge in [-0.25, -0.2) is 9.48 Å². The molecule has 8 heteroatoms. The maximum absolute atomic E-state index is 12.6. The summed E-state index contributed by atoms with van der Waals surface area (Å²) in [6.07, 6.45) is 1.05. The number of amides is 2. The van der Waals surface area contributed by atoms with Crippen LogP contribution in [-0.2, 0) is 20.9 Å². The molecular weight excluding hydrogens is 360 g/mol. The lowest BCUT2D eigenvalue weighted by molar-refractivity contribution is -0.122. The number of aromatic nitrogens is 2. The summed E-state index contributed by atoms with van der Waals surface area (Å²) in [6, 6.07) is 8.35. The van der Waals surface area contributed by atoms with Crippen LogP contribution >= 0.6 is 0 Å². The van der Waals surface area contributed by atoms with Crippen LogP contribution in [0.3, 0.4) is 0 Å². The van der Waals surface area contributed by atoms with E-state index < -0.39 is 5.97 Å². The van der Waals surface area contributed by atoms with Crippen molar-refractivity contribution in [3.05, 3.63) is 41.6 Å². The third kappa shape index (κ3) is 4.57. The molecule has 0 bridgehead atoms. The fraction of sp³-hybridized carbons (Fsp3) is 0.400. The molecule has 148 valence electrons. The van der Waals surface area contributed by atoms with E-state index in [4.69, 9.17) is 4.74 Å². The Morgan fingerprint density at radius 3 is 2.61 bits per heavy atom. The van der Waals surface area contributed by atoms with E-state index in [1.165, 1.54) is 0 Å². The van der Waals surface area contributed by atoms with Crippen molar-refractivity contribution < 1.29 is 19.1 Å². The Hall–Kier alpha value is -3.16. The summed E-state index contributed by atoms with van der Waals surface area (Å²) in [7, 11) is 0. The number of hydrogen-bond acceptors (Lipinski definition) is 5. The molecule has 8 nitrogen and oxygen atoms in total. The predicted molar refractivity (Wildman–Crippen MR) is 104 cm³/mol. The normalized spacial score (nSPS) is 13.0. The number of carbonyl (C=O) groups is 3. The lowest BCUT2D eigenvalue weighted by Gasteiger charge is -2.27. The topological polar surface area (TPSA) is 93.5 Å². The summed E-state index contributed by atoms with van der Waals surface area (Å²) < 4.78 is 6.76. The van der Waals surface area contributed by atoms with E-state index in [-0.39, 0.29) is 24.7 Å². The van der Waals surface area contributed by atoms with Gasteiger partial charge in [-0.05, 0) is 44.5 Å². The molecule has 0 unspecified atom stereocenters. The minimum Gasteiger partial charge on any atom is -0.462 e. The number of rotatable bonds is 6. The second kappa shape index (κ2) is 8.69. The van der Waals surface area contributed by atoms with Gasteiger partial charge in [-0.15, -0.1) is 0 Å². The van der Waals surface area contributed by atoms with Crippen LogP contribution in [0.5, 0.6) is 0 Å². The van der Waals surface area contributed by atoms with E-state index in [0.717, 1.165) is 24.5 Å². The van der Waals surface area contributed by atoms with Gasteiger partial charge in [-0.3, -0.25) is 14.5 Å². The molecule has 2 amide bonds.